The molecule has 0 spiro atoms. The van der Waals surface area contributed by atoms with Gasteiger partial charge in [-0.1, -0.05) is 60.5 Å². The van der Waals surface area contributed by atoms with Crippen LogP contribution in [0.1, 0.15) is 25.0 Å². The van der Waals surface area contributed by atoms with Crippen LogP contribution in [0.2, 0.25) is 10.0 Å². The Morgan fingerprint density at radius 2 is 1.71 bits per heavy atom. The molecule has 0 bridgehead atoms. The molecule has 21 heavy (non-hydrogen) atoms. The van der Waals surface area contributed by atoms with E-state index in [1.165, 1.54) is 0 Å². The number of ether oxygens (including phenoxy) is 1. The number of benzene rings is 2. The van der Waals surface area contributed by atoms with Gasteiger partial charge in [0.2, 0.25) is 0 Å². The van der Waals surface area contributed by atoms with Gasteiger partial charge in [0.25, 0.3) is 0 Å². The van der Waals surface area contributed by atoms with Crippen molar-refractivity contribution in [2.45, 2.75) is 19.4 Å². The van der Waals surface area contributed by atoms with E-state index in [9.17, 15) is 0 Å². The van der Waals surface area contributed by atoms with E-state index in [1.807, 2.05) is 18.2 Å². The molecule has 0 amide bonds. The van der Waals surface area contributed by atoms with Gasteiger partial charge < -0.3 is 10.1 Å². The fourth-order valence-electron chi connectivity index (χ4n) is 2.07. The van der Waals surface area contributed by atoms with Gasteiger partial charge >= 0.3 is 0 Å². The third kappa shape index (κ3) is 5.24. The minimum atomic E-state index is -0.0766. The lowest BCUT2D eigenvalue weighted by molar-refractivity contribution is 0.202. The molecular formula is C17H19Cl2NO. The average Bonchev–Trinajstić information content (AvgIpc) is 2.46. The van der Waals surface area contributed by atoms with Crippen LogP contribution in [-0.2, 0) is 0 Å². The van der Waals surface area contributed by atoms with Gasteiger partial charge in [-0.15, -0.1) is 0 Å². The van der Waals surface area contributed by atoms with Crippen LogP contribution in [0, 0.1) is 0 Å². The highest BCUT2D eigenvalue weighted by Crippen LogP contribution is 2.28. The lowest BCUT2D eigenvalue weighted by Crippen LogP contribution is -2.25. The molecule has 1 N–H and O–H groups in total. The third-order valence-corrected chi connectivity index (χ3v) is 3.48. The standard InChI is InChI=1S/C17H19Cl2NO/c1-2-8-20-12-17(13-6-4-3-5-7-13)21-16-10-14(18)9-15(19)11-16/h3-7,9-11,17,20H,2,8,12H2,1H3. The molecule has 0 aliphatic carbocycles. The van der Waals surface area contributed by atoms with Crippen LogP contribution >= 0.6 is 23.2 Å². The fourth-order valence-corrected chi connectivity index (χ4v) is 2.57. The number of hydrogen-bond acceptors (Lipinski definition) is 2. The van der Waals surface area contributed by atoms with E-state index in [-0.39, 0.29) is 6.10 Å². The summed E-state index contributed by atoms with van der Waals surface area (Å²) in [6, 6.07) is 15.4. The van der Waals surface area contributed by atoms with Crippen molar-refractivity contribution in [3.63, 3.8) is 0 Å². The fraction of sp³-hybridized carbons (Fsp3) is 0.294. The lowest BCUT2D eigenvalue weighted by Gasteiger charge is -2.20. The van der Waals surface area contributed by atoms with Gasteiger partial charge in [0.15, 0.2) is 0 Å². The van der Waals surface area contributed by atoms with Crippen molar-refractivity contribution in [3.8, 4) is 5.75 Å². The van der Waals surface area contributed by atoms with Gasteiger partial charge in [-0.05, 0) is 36.7 Å². The Balaban J connectivity index is 2.15. The third-order valence-electron chi connectivity index (χ3n) is 3.04. The van der Waals surface area contributed by atoms with Crippen LogP contribution in [0.15, 0.2) is 48.5 Å². The van der Waals surface area contributed by atoms with Crippen LogP contribution in [-0.4, -0.2) is 13.1 Å². The van der Waals surface area contributed by atoms with E-state index in [2.05, 4.69) is 24.4 Å². The molecule has 1 atom stereocenters. The quantitative estimate of drug-likeness (QED) is 0.714. The maximum absolute atomic E-state index is 6.08. The maximum atomic E-state index is 6.08. The normalized spacial score (nSPS) is 12.1. The highest BCUT2D eigenvalue weighted by atomic mass is 35.5. The van der Waals surface area contributed by atoms with Gasteiger partial charge in [0.05, 0.1) is 0 Å². The highest BCUT2D eigenvalue weighted by Gasteiger charge is 2.13. The molecular weight excluding hydrogens is 305 g/mol. The number of nitrogens with one attached hydrogen (secondary N) is 1. The van der Waals surface area contributed by atoms with Crippen LogP contribution in [0.5, 0.6) is 5.75 Å². The highest BCUT2D eigenvalue weighted by molar-refractivity contribution is 6.34. The Bertz CT molecular complexity index is 540. The summed E-state index contributed by atoms with van der Waals surface area (Å²) < 4.78 is 6.08. The molecule has 0 radical (unpaired) electrons. The van der Waals surface area contributed by atoms with E-state index in [4.69, 9.17) is 27.9 Å². The maximum Gasteiger partial charge on any atom is 0.136 e. The second-order valence-electron chi connectivity index (χ2n) is 4.83. The summed E-state index contributed by atoms with van der Waals surface area (Å²) in [6.07, 6.45) is 1.01. The zero-order valence-corrected chi connectivity index (χ0v) is 13.5. The van der Waals surface area contributed by atoms with E-state index in [0.717, 1.165) is 25.1 Å². The smallest absolute Gasteiger partial charge is 0.136 e. The Morgan fingerprint density at radius 3 is 2.33 bits per heavy atom. The second-order valence-corrected chi connectivity index (χ2v) is 5.70. The van der Waals surface area contributed by atoms with Crippen LogP contribution < -0.4 is 10.1 Å². The minimum absolute atomic E-state index is 0.0766. The molecule has 0 fully saturated rings. The van der Waals surface area contributed by atoms with Crippen molar-refractivity contribution >= 4 is 23.2 Å². The SMILES string of the molecule is CCCNCC(Oc1cc(Cl)cc(Cl)c1)c1ccccc1. The summed E-state index contributed by atoms with van der Waals surface area (Å²) in [5.74, 6) is 0.680. The number of halogens is 2. The number of hydrogen-bond donors (Lipinski definition) is 1. The summed E-state index contributed by atoms with van der Waals surface area (Å²) >= 11 is 12.1. The molecule has 0 aliphatic rings. The van der Waals surface area contributed by atoms with E-state index in [0.29, 0.717) is 15.8 Å². The summed E-state index contributed by atoms with van der Waals surface area (Å²) in [4.78, 5) is 0. The topological polar surface area (TPSA) is 21.3 Å². The first-order valence-corrected chi connectivity index (χ1v) is 7.83. The Hall–Kier alpha value is -1.22. The van der Waals surface area contributed by atoms with Gasteiger partial charge in [-0.2, -0.15) is 0 Å². The van der Waals surface area contributed by atoms with Crippen molar-refractivity contribution in [1.82, 2.24) is 5.32 Å². The average molecular weight is 324 g/mol. The summed E-state index contributed by atoms with van der Waals surface area (Å²) in [5.41, 5.74) is 1.12. The van der Waals surface area contributed by atoms with Gasteiger partial charge in [-0.25, -0.2) is 0 Å². The van der Waals surface area contributed by atoms with Crippen molar-refractivity contribution in [2.24, 2.45) is 0 Å². The van der Waals surface area contributed by atoms with E-state index in [1.54, 1.807) is 18.2 Å². The first-order chi connectivity index (χ1) is 10.2. The molecule has 4 heteroatoms. The monoisotopic (exact) mass is 323 g/mol. The zero-order valence-electron chi connectivity index (χ0n) is 12.0. The predicted molar refractivity (Wildman–Crippen MR) is 89.4 cm³/mol. The molecule has 2 aromatic rings. The van der Waals surface area contributed by atoms with E-state index >= 15 is 0 Å². The summed E-state index contributed by atoms with van der Waals surface area (Å²) in [5, 5.41) is 4.54. The summed E-state index contributed by atoms with van der Waals surface area (Å²) in [7, 11) is 0. The first-order valence-electron chi connectivity index (χ1n) is 7.07. The molecule has 0 heterocycles. The largest absolute Gasteiger partial charge is 0.484 e. The molecule has 2 rings (SSSR count). The van der Waals surface area contributed by atoms with E-state index < -0.39 is 0 Å². The Kier molecular flexibility index (Phi) is 6.37. The molecule has 2 nitrogen and oxygen atoms in total. The van der Waals surface area contributed by atoms with Gasteiger partial charge in [0, 0.05) is 16.6 Å². The van der Waals surface area contributed by atoms with Gasteiger partial charge in [-0.3, -0.25) is 0 Å². The van der Waals surface area contributed by atoms with Crippen molar-refractivity contribution in [2.75, 3.05) is 13.1 Å². The molecule has 1 unspecified atom stereocenters. The predicted octanol–water partition coefficient (Wildman–Crippen LogP) is 5.11. The van der Waals surface area contributed by atoms with Crippen LogP contribution in [0.3, 0.4) is 0 Å². The minimum Gasteiger partial charge on any atom is -0.484 e. The Morgan fingerprint density at radius 1 is 1.05 bits per heavy atom. The van der Waals surface area contributed by atoms with Crippen LogP contribution in [0.25, 0.3) is 0 Å². The Labute approximate surface area is 136 Å². The zero-order chi connectivity index (χ0) is 15.1. The molecule has 2 aromatic carbocycles. The van der Waals surface area contributed by atoms with Gasteiger partial charge in [0.1, 0.15) is 11.9 Å². The summed E-state index contributed by atoms with van der Waals surface area (Å²) in [6.45, 7) is 3.84. The lowest BCUT2D eigenvalue weighted by atomic mass is 10.1. The molecule has 0 saturated heterocycles. The molecule has 0 aliphatic heterocycles. The molecule has 112 valence electrons. The molecule has 0 aromatic heterocycles. The van der Waals surface area contributed by atoms with Crippen molar-refractivity contribution < 1.29 is 4.74 Å². The van der Waals surface area contributed by atoms with Crippen molar-refractivity contribution in [3.05, 3.63) is 64.1 Å². The first kappa shape index (κ1) is 16.2. The van der Waals surface area contributed by atoms with Crippen molar-refractivity contribution in [1.29, 1.82) is 0 Å². The molecule has 0 saturated carbocycles. The van der Waals surface area contributed by atoms with Crippen LogP contribution in [0.4, 0.5) is 0 Å². The second kappa shape index (κ2) is 8.28. The number of rotatable bonds is 7.